The van der Waals surface area contributed by atoms with Crippen LogP contribution in [0.15, 0.2) is 6.20 Å². The van der Waals surface area contributed by atoms with Crippen molar-refractivity contribution in [2.24, 2.45) is 11.8 Å². The molecule has 2 rings (SSSR count). The molecule has 3 atom stereocenters. The fraction of sp³-hybridized carbons (Fsp3) is 0.600. The molecule has 0 spiro atoms. The van der Waals surface area contributed by atoms with E-state index in [4.69, 9.17) is 0 Å². The van der Waals surface area contributed by atoms with Crippen molar-refractivity contribution < 1.29 is 4.79 Å². The molecule has 0 amide bonds. The number of carbonyl (C=O) groups excluding carboxylic acids is 1. The molecule has 1 aromatic rings. The Bertz CT molecular complexity index is 363. The molecule has 1 aliphatic carbocycles. The van der Waals surface area contributed by atoms with E-state index in [1.54, 1.807) is 13.1 Å². The van der Waals surface area contributed by atoms with Crippen LogP contribution in [0.25, 0.3) is 0 Å². The van der Waals surface area contributed by atoms with Crippen molar-refractivity contribution >= 4 is 33.0 Å². The topological polar surface area (TPSA) is 30.0 Å². The van der Waals surface area contributed by atoms with E-state index in [-0.39, 0.29) is 5.78 Å². The van der Waals surface area contributed by atoms with Crippen LogP contribution in [0.1, 0.15) is 39.8 Å². The molecule has 0 aromatic carbocycles. The highest BCUT2D eigenvalue weighted by Gasteiger charge is 2.40. The van der Waals surface area contributed by atoms with E-state index in [1.165, 1.54) is 17.8 Å². The maximum atomic E-state index is 11.1. The van der Waals surface area contributed by atoms with E-state index in [0.29, 0.717) is 10.7 Å². The highest BCUT2D eigenvalue weighted by Crippen LogP contribution is 2.51. The molecule has 1 saturated carbocycles. The molecule has 0 bridgehead atoms. The maximum absolute atomic E-state index is 11.1. The second-order valence-corrected chi connectivity index (χ2v) is 5.95. The molecule has 3 unspecified atom stereocenters. The van der Waals surface area contributed by atoms with E-state index in [2.05, 4.69) is 27.8 Å². The molecule has 0 radical (unpaired) electrons. The summed E-state index contributed by atoms with van der Waals surface area (Å²) in [7, 11) is 0. The van der Waals surface area contributed by atoms with Crippen molar-refractivity contribution in [3.05, 3.63) is 16.1 Å². The lowest BCUT2D eigenvalue weighted by molar-refractivity contribution is 0.102. The van der Waals surface area contributed by atoms with E-state index in [9.17, 15) is 4.79 Å². The van der Waals surface area contributed by atoms with Gasteiger partial charge < -0.3 is 0 Å². The maximum Gasteiger partial charge on any atom is 0.171 e. The number of carbonyl (C=O) groups is 1. The molecular weight excluding hydrogens is 262 g/mol. The third kappa shape index (κ3) is 1.91. The fourth-order valence-corrected chi connectivity index (χ4v) is 3.52. The number of hydrogen-bond donors (Lipinski definition) is 0. The lowest BCUT2D eigenvalue weighted by atomic mass is 10.2. The first kappa shape index (κ1) is 10.3. The van der Waals surface area contributed by atoms with Crippen LogP contribution in [0.5, 0.6) is 0 Å². The van der Waals surface area contributed by atoms with Crippen LogP contribution < -0.4 is 0 Å². The highest BCUT2D eigenvalue weighted by atomic mass is 79.9. The first-order chi connectivity index (χ1) is 6.59. The second kappa shape index (κ2) is 3.74. The van der Waals surface area contributed by atoms with Gasteiger partial charge in [0, 0.05) is 13.1 Å². The quantitative estimate of drug-likeness (QED) is 0.624. The molecular formula is C10H12BrNOS. The Labute approximate surface area is 95.9 Å². The Morgan fingerprint density at radius 3 is 2.86 bits per heavy atom. The van der Waals surface area contributed by atoms with Crippen molar-refractivity contribution in [1.29, 1.82) is 0 Å². The minimum Gasteiger partial charge on any atom is -0.294 e. The van der Waals surface area contributed by atoms with Gasteiger partial charge in [-0.25, -0.2) is 4.98 Å². The molecule has 2 nitrogen and oxygen atoms in total. The van der Waals surface area contributed by atoms with Gasteiger partial charge in [-0.15, -0.1) is 11.3 Å². The number of aromatic nitrogens is 1. The first-order valence-corrected chi connectivity index (χ1v) is 6.43. The molecule has 0 N–H and O–H groups in total. The van der Waals surface area contributed by atoms with Crippen LogP contribution in [-0.2, 0) is 0 Å². The third-order valence-corrected chi connectivity index (χ3v) is 5.25. The molecule has 1 aliphatic rings. The molecule has 1 heterocycles. The molecule has 4 heteroatoms. The van der Waals surface area contributed by atoms with Crippen molar-refractivity contribution in [3.8, 4) is 0 Å². The van der Waals surface area contributed by atoms with Gasteiger partial charge in [0.1, 0.15) is 5.01 Å². The Balaban J connectivity index is 2.12. The van der Waals surface area contributed by atoms with Gasteiger partial charge in [0.15, 0.2) is 5.78 Å². The first-order valence-electron chi connectivity index (χ1n) is 4.70. The summed E-state index contributed by atoms with van der Waals surface area (Å²) in [6, 6.07) is 0. The molecule has 1 aromatic heterocycles. The smallest absolute Gasteiger partial charge is 0.171 e. The summed E-state index contributed by atoms with van der Waals surface area (Å²) in [5.41, 5.74) is 0. The number of Topliss-reactive ketones (excluding diaryl/α,β-unsaturated/α-hetero) is 1. The zero-order valence-corrected chi connectivity index (χ0v) is 10.6. The van der Waals surface area contributed by atoms with Crippen molar-refractivity contribution in [3.63, 3.8) is 0 Å². The van der Waals surface area contributed by atoms with Crippen LogP contribution in [0.2, 0.25) is 0 Å². The van der Waals surface area contributed by atoms with E-state index in [0.717, 1.165) is 15.8 Å². The van der Waals surface area contributed by atoms with Crippen LogP contribution in [0.4, 0.5) is 0 Å². The normalized spacial score (nSPS) is 27.4. The Kier molecular flexibility index (Phi) is 2.75. The van der Waals surface area contributed by atoms with Gasteiger partial charge in [-0.05, 0) is 18.3 Å². The zero-order chi connectivity index (χ0) is 10.3. The van der Waals surface area contributed by atoms with Crippen LogP contribution >= 0.6 is 27.3 Å². The van der Waals surface area contributed by atoms with Gasteiger partial charge in [0.25, 0.3) is 0 Å². The van der Waals surface area contributed by atoms with Gasteiger partial charge in [-0.2, -0.15) is 0 Å². The summed E-state index contributed by atoms with van der Waals surface area (Å²) in [5.74, 6) is 1.61. The molecule has 1 fully saturated rings. The summed E-state index contributed by atoms with van der Waals surface area (Å²) in [5, 5.41) is 1.05. The Morgan fingerprint density at radius 2 is 2.43 bits per heavy atom. The van der Waals surface area contributed by atoms with Crippen LogP contribution in [0.3, 0.4) is 0 Å². The number of rotatable bonds is 3. The highest BCUT2D eigenvalue weighted by molar-refractivity contribution is 9.09. The van der Waals surface area contributed by atoms with Crippen LogP contribution in [-0.4, -0.2) is 10.8 Å². The Hall–Kier alpha value is -0.220. The van der Waals surface area contributed by atoms with E-state index >= 15 is 0 Å². The standard InChI is InChI=1S/C10H12BrNOS/c1-5-3-7(5)9(11)10-12-4-8(14-10)6(2)13/h4-5,7,9H,3H2,1-2H3. The summed E-state index contributed by atoms with van der Waals surface area (Å²) >= 11 is 5.16. The van der Waals surface area contributed by atoms with E-state index < -0.39 is 0 Å². The van der Waals surface area contributed by atoms with Gasteiger partial charge in [-0.3, -0.25) is 4.79 Å². The van der Waals surface area contributed by atoms with Gasteiger partial charge in [-0.1, -0.05) is 22.9 Å². The monoisotopic (exact) mass is 273 g/mol. The number of halogens is 1. The van der Waals surface area contributed by atoms with Crippen LogP contribution in [0, 0.1) is 11.8 Å². The fourth-order valence-electron chi connectivity index (χ4n) is 1.52. The molecule has 0 saturated heterocycles. The zero-order valence-electron chi connectivity index (χ0n) is 8.16. The largest absolute Gasteiger partial charge is 0.294 e. The summed E-state index contributed by atoms with van der Waals surface area (Å²) < 4.78 is 0. The van der Waals surface area contributed by atoms with Gasteiger partial charge in [0.05, 0.1) is 9.70 Å². The number of ketones is 1. The summed E-state index contributed by atoms with van der Waals surface area (Å²) in [6.45, 7) is 3.83. The minimum atomic E-state index is 0.109. The van der Waals surface area contributed by atoms with Crippen molar-refractivity contribution in [2.45, 2.75) is 25.1 Å². The predicted octanol–water partition coefficient (Wildman–Crippen LogP) is 3.44. The minimum absolute atomic E-state index is 0.109. The number of alkyl halides is 1. The number of hydrogen-bond acceptors (Lipinski definition) is 3. The molecule has 76 valence electrons. The van der Waals surface area contributed by atoms with Crippen molar-refractivity contribution in [1.82, 2.24) is 4.98 Å². The van der Waals surface area contributed by atoms with Gasteiger partial charge >= 0.3 is 0 Å². The van der Waals surface area contributed by atoms with Crippen molar-refractivity contribution in [2.75, 3.05) is 0 Å². The average molecular weight is 274 g/mol. The SMILES string of the molecule is CC(=O)c1cnc(C(Br)C2CC2C)s1. The lowest BCUT2D eigenvalue weighted by Crippen LogP contribution is -1.91. The number of nitrogens with zero attached hydrogens (tertiary/aromatic N) is 1. The predicted molar refractivity (Wildman–Crippen MR) is 61.1 cm³/mol. The molecule has 0 aliphatic heterocycles. The second-order valence-electron chi connectivity index (χ2n) is 3.90. The third-order valence-electron chi connectivity index (χ3n) is 2.65. The average Bonchev–Trinajstić information content (AvgIpc) is 2.69. The molecule has 14 heavy (non-hydrogen) atoms. The number of thiazole rings is 1. The Morgan fingerprint density at radius 1 is 1.79 bits per heavy atom. The lowest BCUT2D eigenvalue weighted by Gasteiger charge is -2.02. The summed E-state index contributed by atoms with van der Waals surface area (Å²) in [4.78, 5) is 16.5. The summed E-state index contributed by atoms with van der Waals surface area (Å²) in [6.07, 6.45) is 2.95. The van der Waals surface area contributed by atoms with E-state index in [1.807, 2.05) is 0 Å². The van der Waals surface area contributed by atoms with Gasteiger partial charge in [0.2, 0.25) is 0 Å².